The number of hydrogen-bond acceptors (Lipinski definition) is 5. The minimum Gasteiger partial charge on any atom is -0.392 e. The zero-order valence-corrected chi connectivity index (χ0v) is 19.9. The summed E-state index contributed by atoms with van der Waals surface area (Å²) in [5.41, 5.74) is 3.64. The standard InChI is InChI=1S/C27H29N5O4/c33-24(15-22-20-3-1-2-4-21(20)23-16-28-17-31(22)23)26-9-12-27(13-10-26,14-11-26)30-25(34)29-18-5-7-19(8-6-18)32(35)36/h1-8,16-17,22,24,33H,9-15H2,(H2,29,30,34). The van der Waals surface area contributed by atoms with Crippen molar-refractivity contribution in [2.24, 2.45) is 5.41 Å². The molecule has 1 aromatic heterocycles. The fourth-order valence-electron chi connectivity index (χ4n) is 6.61. The number of carbonyl (C=O) groups is 1. The predicted octanol–water partition coefficient (Wildman–Crippen LogP) is 5.03. The van der Waals surface area contributed by atoms with Crippen molar-refractivity contribution >= 4 is 17.4 Å². The minimum atomic E-state index is -0.465. The molecule has 2 amide bonds. The van der Waals surface area contributed by atoms with Crippen LogP contribution in [0.4, 0.5) is 16.2 Å². The van der Waals surface area contributed by atoms with Gasteiger partial charge in [-0.15, -0.1) is 0 Å². The number of aromatic nitrogens is 2. The van der Waals surface area contributed by atoms with Crippen LogP contribution in [0.15, 0.2) is 61.1 Å². The Bertz CT molecular complexity index is 1290. The van der Waals surface area contributed by atoms with E-state index in [0.717, 1.165) is 44.2 Å². The van der Waals surface area contributed by atoms with Crippen LogP contribution >= 0.6 is 0 Å². The number of non-ortho nitro benzene ring substituents is 1. The second-order valence-electron chi connectivity index (χ2n) is 10.6. The topological polar surface area (TPSA) is 122 Å². The number of amides is 2. The molecule has 1 aliphatic heterocycles. The largest absolute Gasteiger partial charge is 0.392 e. The molecule has 2 atom stereocenters. The number of nitrogens with zero attached hydrogens (tertiary/aromatic N) is 3. The highest BCUT2D eigenvalue weighted by molar-refractivity contribution is 5.90. The molecular formula is C27H29N5O4. The molecule has 9 nitrogen and oxygen atoms in total. The van der Waals surface area contributed by atoms with Gasteiger partial charge in [-0.2, -0.15) is 0 Å². The van der Waals surface area contributed by atoms with Gasteiger partial charge in [0.25, 0.3) is 5.69 Å². The zero-order chi connectivity index (χ0) is 24.9. The van der Waals surface area contributed by atoms with Gasteiger partial charge in [-0.3, -0.25) is 10.1 Å². The number of anilines is 1. The molecule has 3 N–H and O–H groups in total. The van der Waals surface area contributed by atoms with Crippen molar-refractivity contribution in [3.05, 3.63) is 76.7 Å². The molecule has 3 aromatic rings. The summed E-state index contributed by atoms with van der Waals surface area (Å²) < 4.78 is 2.19. The van der Waals surface area contributed by atoms with Gasteiger partial charge >= 0.3 is 6.03 Å². The number of aliphatic hydroxyl groups is 1. The second-order valence-corrected chi connectivity index (χ2v) is 10.6. The Kier molecular flexibility index (Phi) is 5.33. The van der Waals surface area contributed by atoms with Gasteiger partial charge in [0.15, 0.2) is 0 Å². The average molecular weight is 488 g/mol. The molecule has 3 saturated carbocycles. The van der Waals surface area contributed by atoms with Crippen molar-refractivity contribution in [2.75, 3.05) is 5.32 Å². The first kappa shape index (κ1) is 22.7. The Labute approximate surface area is 208 Å². The van der Waals surface area contributed by atoms with E-state index < -0.39 is 11.0 Å². The molecule has 4 aliphatic rings. The maximum Gasteiger partial charge on any atom is 0.319 e. The molecule has 2 unspecified atom stereocenters. The highest BCUT2D eigenvalue weighted by Gasteiger charge is 2.53. The second kappa shape index (κ2) is 8.44. The van der Waals surface area contributed by atoms with Gasteiger partial charge in [-0.1, -0.05) is 24.3 Å². The van der Waals surface area contributed by atoms with E-state index in [9.17, 15) is 20.0 Å². The summed E-state index contributed by atoms with van der Waals surface area (Å²) in [5.74, 6) is 0. The molecule has 36 heavy (non-hydrogen) atoms. The lowest BCUT2D eigenvalue weighted by Gasteiger charge is -2.55. The van der Waals surface area contributed by atoms with Crippen LogP contribution < -0.4 is 10.6 Å². The molecule has 3 aliphatic carbocycles. The van der Waals surface area contributed by atoms with E-state index in [2.05, 4.69) is 38.4 Å². The number of imidazole rings is 1. The normalized spacial score (nSPS) is 26.6. The Morgan fingerprint density at radius 1 is 1.11 bits per heavy atom. The van der Waals surface area contributed by atoms with Crippen LogP contribution in [-0.2, 0) is 0 Å². The van der Waals surface area contributed by atoms with Gasteiger partial charge in [-0.25, -0.2) is 9.78 Å². The molecule has 186 valence electrons. The van der Waals surface area contributed by atoms with Crippen molar-refractivity contribution in [1.82, 2.24) is 14.9 Å². The molecule has 2 aromatic carbocycles. The van der Waals surface area contributed by atoms with Crippen molar-refractivity contribution in [3.8, 4) is 11.3 Å². The van der Waals surface area contributed by atoms with Crippen molar-refractivity contribution in [3.63, 3.8) is 0 Å². The molecule has 0 radical (unpaired) electrons. The average Bonchev–Trinajstić information content (AvgIpc) is 3.48. The van der Waals surface area contributed by atoms with Gasteiger partial charge in [0, 0.05) is 28.9 Å². The SMILES string of the molecule is O=C(Nc1ccc([N+](=O)[O-])cc1)NC12CCC(C(O)CC3c4ccccc4-c4cncn43)(CC1)CC2. The minimum absolute atomic E-state index is 0.0145. The zero-order valence-electron chi connectivity index (χ0n) is 19.9. The molecule has 0 spiro atoms. The number of nitro groups is 1. The number of nitrogens with one attached hydrogen (secondary N) is 2. The predicted molar refractivity (Wildman–Crippen MR) is 135 cm³/mol. The van der Waals surface area contributed by atoms with Crippen molar-refractivity contribution in [2.45, 2.75) is 62.6 Å². The van der Waals surface area contributed by atoms with E-state index in [-0.39, 0.29) is 28.7 Å². The Morgan fingerprint density at radius 2 is 1.81 bits per heavy atom. The monoisotopic (exact) mass is 487 g/mol. The highest BCUT2D eigenvalue weighted by atomic mass is 16.6. The first-order valence-electron chi connectivity index (χ1n) is 12.5. The van der Waals surface area contributed by atoms with E-state index >= 15 is 0 Å². The Morgan fingerprint density at radius 3 is 2.50 bits per heavy atom. The van der Waals surface area contributed by atoms with Gasteiger partial charge < -0.3 is 20.3 Å². The number of aliphatic hydroxyl groups excluding tert-OH is 1. The smallest absolute Gasteiger partial charge is 0.319 e. The van der Waals surface area contributed by atoms with E-state index in [4.69, 9.17) is 0 Å². The third kappa shape index (κ3) is 3.74. The van der Waals surface area contributed by atoms with E-state index in [1.165, 1.54) is 35.4 Å². The third-order valence-corrected chi connectivity index (χ3v) is 8.77. The molecule has 2 heterocycles. The van der Waals surface area contributed by atoms with Crippen LogP contribution in [0.3, 0.4) is 0 Å². The molecule has 0 saturated heterocycles. The van der Waals surface area contributed by atoms with E-state index in [1.54, 1.807) is 0 Å². The number of rotatable bonds is 6. The summed E-state index contributed by atoms with van der Waals surface area (Å²) in [7, 11) is 0. The summed E-state index contributed by atoms with van der Waals surface area (Å²) in [6.07, 6.45) is 9.08. The van der Waals surface area contributed by atoms with Gasteiger partial charge in [0.1, 0.15) is 0 Å². The number of benzene rings is 2. The number of nitro benzene ring substituents is 1. The molecule has 7 rings (SSSR count). The van der Waals surface area contributed by atoms with Crippen LogP contribution in [0.5, 0.6) is 0 Å². The maximum absolute atomic E-state index is 12.7. The van der Waals surface area contributed by atoms with Gasteiger partial charge in [-0.05, 0) is 68.1 Å². The number of fused-ring (bicyclic) bond motifs is 6. The first-order chi connectivity index (χ1) is 17.4. The Hall–Kier alpha value is -3.72. The summed E-state index contributed by atoms with van der Waals surface area (Å²) in [4.78, 5) is 27.4. The third-order valence-electron chi connectivity index (χ3n) is 8.77. The van der Waals surface area contributed by atoms with Crippen LogP contribution in [0.1, 0.15) is 56.6 Å². The van der Waals surface area contributed by atoms with Crippen molar-refractivity contribution < 1.29 is 14.8 Å². The van der Waals surface area contributed by atoms with Gasteiger partial charge in [0.05, 0.1) is 35.3 Å². The lowest BCUT2D eigenvalue weighted by atomic mass is 9.54. The van der Waals surface area contributed by atoms with Gasteiger partial charge in [0.2, 0.25) is 0 Å². The number of hydrogen-bond donors (Lipinski definition) is 3. The number of urea groups is 1. The molecule has 9 heteroatoms. The molecular weight excluding hydrogens is 458 g/mol. The van der Waals surface area contributed by atoms with E-state index in [1.807, 2.05) is 18.6 Å². The molecule has 3 fully saturated rings. The lowest BCUT2D eigenvalue weighted by Crippen LogP contribution is -2.59. The number of carbonyl (C=O) groups excluding carboxylic acids is 1. The van der Waals surface area contributed by atoms with Crippen LogP contribution in [-0.4, -0.2) is 37.3 Å². The summed E-state index contributed by atoms with van der Waals surface area (Å²) in [6, 6.07) is 14.0. The van der Waals surface area contributed by atoms with E-state index in [0.29, 0.717) is 12.1 Å². The summed E-state index contributed by atoms with van der Waals surface area (Å²) in [5, 5.41) is 28.3. The van der Waals surface area contributed by atoms with Crippen LogP contribution in [0, 0.1) is 15.5 Å². The lowest BCUT2D eigenvalue weighted by molar-refractivity contribution is -0.384. The quantitative estimate of drug-likeness (QED) is 0.333. The van der Waals surface area contributed by atoms with Crippen LogP contribution in [0.2, 0.25) is 0 Å². The Balaban J connectivity index is 1.09. The molecule has 2 bridgehead atoms. The van der Waals surface area contributed by atoms with Crippen LogP contribution in [0.25, 0.3) is 11.3 Å². The summed E-state index contributed by atoms with van der Waals surface area (Å²) in [6.45, 7) is 0. The first-order valence-corrected chi connectivity index (χ1v) is 12.5. The summed E-state index contributed by atoms with van der Waals surface area (Å²) >= 11 is 0. The maximum atomic E-state index is 12.7. The van der Waals surface area contributed by atoms with Crippen molar-refractivity contribution in [1.29, 1.82) is 0 Å². The fourth-order valence-corrected chi connectivity index (χ4v) is 6.61. The highest BCUT2D eigenvalue weighted by Crippen LogP contribution is 2.56. The fraction of sp³-hybridized carbons (Fsp3) is 0.407.